The molecule has 19 heavy (non-hydrogen) atoms. The van der Waals surface area contributed by atoms with Gasteiger partial charge in [-0.2, -0.15) is 0 Å². The first-order chi connectivity index (χ1) is 9.33. The molecule has 2 aromatic rings. The molecule has 0 atom stereocenters. The first-order valence-corrected chi connectivity index (χ1v) is 6.38. The molecule has 0 fully saturated rings. The van der Waals surface area contributed by atoms with Crippen molar-refractivity contribution in [3.8, 4) is 5.75 Å². The van der Waals surface area contributed by atoms with Gasteiger partial charge >= 0.3 is 0 Å². The highest BCUT2D eigenvalue weighted by atomic mass is 16.5. The molecule has 0 aliphatic heterocycles. The van der Waals surface area contributed by atoms with Crippen molar-refractivity contribution in [1.82, 2.24) is 9.97 Å². The summed E-state index contributed by atoms with van der Waals surface area (Å²) >= 11 is 0. The third-order valence-electron chi connectivity index (χ3n) is 2.47. The van der Waals surface area contributed by atoms with Crippen LogP contribution >= 0.6 is 0 Å². The van der Waals surface area contributed by atoms with Gasteiger partial charge in [-0.1, -0.05) is 12.1 Å². The fourth-order valence-corrected chi connectivity index (χ4v) is 1.69. The van der Waals surface area contributed by atoms with Crippen LogP contribution in [0.25, 0.3) is 0 Å². The van der Waals surface area contributed by atoms with Gasteiger partial charge in [0.05, 0.1) is 12.3 Å². The summed E-state index contributed by atoms with van der Waals surface area (Å²) < 4.78 is 5.57. The number of anilines is 3. The average molecular weight is 258 g/mol. The highest BCUT2D eigenvalue weighted by molar-refractivity contribution is 5.65. The van der Waals surface area contributed by atoms with Crippen LogP contribution in [0.15, 0.2) is 36.7 Å². The maximum absolute atomic E-state index is 5.57. The minimum absolute atomic E-state index is 0.630. The molecule has 1 heterocycles. The maximum atomic E-state index is 5.57. The summed E-state index contributed by atoms with van der Waals surface area (Å²) in [6.45, 7) is 5.45. The lowest BCUT2D eigenvalue weighted by molar-refractivity contribution is 0.342. The van der Waals surface area contributed by atoms with Crippen molar-refractivity contribution in [3.05, 3.63) is 36.7 Å². The van der Waals surface area contributed by atoms with E-state index in [1.54, 1.807) is 0 Å². The Morgan fingerprint density at radius 2 is 1.89 bits per heavy atom. The summed E-state index contributed by atoms with van der Waals surface area (Å²) in [5, 5.41) is 6.39. The molecule has 2 N–H and O–H groups in total. The number of ether oxygens (including phenoxy) is 1. The number of nitrogens with one attached hydrogen (secondary N) is 2. The van der Waals surface area contributed by atoms with Gasteiger partial charge in [-0.15, -0.1) is 0 Å². The Morgan fingerprint density at radius 3 is 2.68 bits per heavy atom. The van der Waals surface area contributed by atoms with Crippen molar-refractivity contribution in [2.75, 3.05) is 23.8 Å². The van der Waals surface area contributed by atoms with Gasteiger partial charge in [0.25, 0.3) is 0 Å². The minimum Gasteiger partial charge on any atom is -0.492 e. The van der Waals surface area contributed by atoms with E-state index in [4.69, 9.17) is 4.74 Å². The summed E-state index contributed by atoms with van der Waals surface area (Å²) in [4.78, 5) is 8.34. The smallest absolute Gasteiger partial charge is 0.142 e. The van der Waals surface area contributed by atoms with E-state index < -0.39 is 0 Å². The van der Waals surface area contributed by atoms with E-state index in [-0.39, 0.29) is 0 Å². The van der Waals surface area contributed by atoms with Gasteiger partial charge in [-0.3, -0.25) is 0 Å². The lowest BCUT2D eigenvalue weighted by Crippen LogP contribution is -2.02. The number of nitrogens with zero attached hydrogens (tertiary/aromatic N) is 2. The molecule has 1 aromatic heterocycles. The van der Waals surface area contributed by atoms with Crippen molar-refractivity contribution >= 4 is 17.3 Å². The first-order valence-electron chi connectivity index (χ1n) is 6.38. The number of benzene rings is 1. The van der Waals surface area contributed by atoms with Crippen molar-refractivity contribution in [2.24, 2.45) is 0 Å². The summed E-state index contributed by atoms with van der Waals surface area (Å²) in [6, 6.07) is 9.65. The molecule has 5 heteroatoms. The summed E-state index contributed by atoms with van der Waals surface area (Å²) in [5.41, 5.74) is 0.894. The van der Waals surface area contributed by atoms with Crippen LogP contribution in [0, 0.1) is 0 Å². The quantitative estimate of drug-likeness (QED) is 0.834. The second kappa shape index (κ2) is 6.58. The van der Waals surface area contributed by atoms with Crippen LogP contribution < -0.4 is 15.4 Å². The van der Waals surface area contributed by atoms with Crippen molar-refractivity contribution in [3.63, 3.8) is 0 Å². The molecule has 5 nitrogen and oxygen atoms in total. The molecule has 0 saturated heterocycles. The zero-order valence-electron chi connectivity index (χ0n) is 11.2. The first kappa shape index (κ1) is 13.1. The Kier molecular flexibility index (Phi) is 4.55. The molecular formula is C14H18N4O. The van der Waals surface area contributed by atoms with E-state index in [9.17, 15) is 0 Å². The van der Waals surface area contributed by atoms with E-state index in [0.29, 0.717) is 6.61 Å². The van der Waals surface area contributed by atoms with E-state index in [1.165, 1.54) is 6.33 Å². The zero-order valence-corrected chi connectivity index (χ0v) is 11.2. The lowest BCUT2D eigenvalue weighted by atomic mass is 10.3. The van der Waals surface area contributed by atoms with Crippen LogP contribution in [0.3, 0.4) is 0 Å². The number of aromatic nitrogens is 2. The Morgan fingerprint density at radius 1 is 1.11 bits per heavy atom. The highest BCUT2D eigenvalue weighted by Gasteiger charge is 2.04. The number of rotatable bonds is 6. The van der Waals surface area contributed by atoms with Gasteiger partial charge in [0, 0.05) is 12.6 Å². The summed E-state index contributed by atoms with van der Waals surface area (Å²) in [6.07, 6.45) is 1.53. The van der Waals surface area contributed by atoms with E-state index in [1.807, 2.05) is 44.2 Å². The fourth-order valence-electron chi connectivity index (χ4n) is 1.69. The highest BCUT2D eigenvalue weighted by Crippen LogP contribution is 2.26. The molecule has 0 aliphatic rings. The van der Waals surface area contributed by atoms with Crippen LogP contribution in [-0.4, -0.2) is 23.1 Å². The largest absolute Gasteiger partial charge is 0.492 e. The SMILES string of the molecule is CCNc1cc(Nc2ccccc2OCC)ncn1. The van der Waals surface area contributed by atoms with Crippen molar-refractivity contribution in [2.45, 2.75) is 13.8 Å². The predicted molar refractivity (Wildman–Crippen MR) is 77.1 cm³/mol. The predicted octanol–water partition coefficient (Wildman–Crippen LogP) is 3.05. The Balaban J connectivity index is 2.18. The third kappa shape index (κ3) is 3.58. The van der Waals surface area contributed by atoms with E-state index >= 15 is 0 Å². The number of hydrogen-bond acceptors (Lipinski definition) is 5. The molecule has 0 bridgehead atoms. The van der Waals surface area contributed by atoms with Crippen molar-refractivity contribution in [1.29, 1.82) is 0 Å². The molecule has 0 amide bonds. The topological polar surface area (TPSA) is 59.1 Å². The van der Waals surface area contributed by atoms with Crippen LogP contribution in [0.2, 0.25) is 0 Å². The van der Waals surface area contributed by atoms with Gasteiger partial charge in [-0.25, -0.2) is 9.97 Å². The third-order valence-corrected chi connectivity index (χ3v) is 2.47. The van der Waals surface area contributed by atoms with Gasteiger partial charge in [-0.05, 0) is 26.0 Å². The monoisotopic (exact) mass is 258 g/mol. The molecular weight excluding hydrogens is 240 g/mol. The molecule has 0 radical (unpaired) electrons. The van der Waals surface area contributed by atoms with Crippen LogP contribution in [0.5, 0.6) is 5.75 Å². The number of para-hydroxylation sites is 2. The molecule has 2 rings (SSSR count). The summed E-state index contributed by atoms with van der Waals surface area (Å²) in [7, 11) is 0. The number of hydrogen-bond donors (Lipinski definition) is 2. The fraction of sp³-hybridized carbons (Fsp3) is 0.286. The summed E-state index contributed by atoms with van der Waals surface area (Å²) in [5.74, 6) is 2.35. The molecule has 0 unspecified atom stereocenters. The molecule has 100 valence electrons. The van der Waals surface area contributed by atoms with Gasteiger partial charge < -0.3 is 15.4 Å². The van der Waals surface area contributed by atoms with Gasteiger partial charge in [0.2, 0.25) is 0 Å². The van der Waals surface area contributed by atoms with Crippen LogP contribution in [0.1, 0.15) is 13.8 Å². The maximum Gasteiger partial charge on any atom is 0.142 e. The second-order valence-corrected chi connectivity index (χ2v) is 3.87. The van der Waals surface area contributed by atoms with E-state index in [0.717, 1.165) is 29.6 Å². The molecule has 0 aliphatic carbocycles. The van der Waals surface area contributed by atoms with Crippen LogP contribution in [-0.2, 0) is 0 Å². The Hall–Kier alpha value is -2.30. The normalized spacial score (nSPS) is 10.0. The standard InChI is InChI=1S/C14H18N4O/c1-3-15-13-9-14(17-10-16-13)18-11-7-5-6-8-12(11)19-4-2/h5-10H,3-4H2,1-2H3,(H2,15,16,17,18). The van der Waals surface area contributed by atoms with Crippen molar-refractivity contribution < 1.29 is 4.74 Å². The Bertz CT molecular complexity index is 530. The van der Waals surface area contributed by atoms with Gasteiger partial charge in [0.15, 0.2) is 0 Å². The van der Waals surface area contributed by atoms with Crippen LogP contribution in [0.4, 0.5) is 17.3 Å². The zero-order chi connectivity index (χ0) is 13.5. The molecule has 0 spiro atoms. The van der Waals surface area contributed by atoms with Gasteiger partial charge in [0.1, 0.15) is 23.7 Å². The second-order valence-electron chi connectivity index (χ2n) is 3.87. The van der Waals surface area contributed by atoms with E-state index in [2.05, 4.69) is 20.6 Å². The average Bonchev–Trinajstić information content (AvgIpc) is 2.42. The Labute approximate surface area is 113 Å². The lowest BCUT2D eigenvalue weighted by Gasteiger charge is -2.12. The minimum atomic E-state index is 0.630. The molecule has 1 aromatic carbocycles. The molecule has 0 saturated carbocycles.